The van der Waals surface area contributed by atoms with Gasteiger partial charge in [-0.05, 0) is 59.5 Å². The zero-order valence-electron chi connectivity index (χ0n) is 17.3. The quantitative estimate of drug-likeness (QED) is 0.629. The van der Waals surface area contributed by atoms with E-state index in [0.717, 1.165) is 12.1 Å². The Morgan fingerprint density at radius 1 is 1.17 bits per heavy atom. The Balaban J connectivity index is 1.62. The Morgan fingerprint density at radius 3 is 2.50 bits per heavy atom. The molecule has 160 valence electrons. The smallest absolute Gasteiger partial charge is 0.254 e. The van der Waals surface area contributed by atoms with Crippen molar-refractivity contribution in [2.24, 2.45) is 5.92 Å². The molecular weight excluding hydrogens is 448 g/mol. The highest BCUT2D eigenvalue weighted by molar-refractivity contribution is 9.10. The van der Waals surface area contributed by atoms with Gasteiger partial charge in [-0.3, -0.25) is 9.59 Å². The number of benzene rings is 2. The lowest BCUT2D eigenvalue weighted by atomic mass is 9.95. The third-order valence-corrected chi connectivity index (χ3v) is 5.71. The first-order chi connectivity index (χ1) is 14.5. The summed E-state index contributed by atoms with van der Waals surface area (Å²) >= 11 is 3.49. The van der Waals surface area contributed by atoms with Crippen molar-refractivity contribution in [1.29, 1.82) is 0 Å². The number of methoxy groups -OCH3 is 1. The van der Waals surface area contributed by atoms with Gasteiger partial charge < -0.3 is 19.7 Å². The van der Waals surface area contributed by atoms with Crippen molar-refractivity contribution in [3.8, 4) is 11.5 Å². The molecule has 2 amide bonds. The van der Waals surface area contributed by atoms with Gasteiger partial charge in [0.05, 0.1) is 18.2 Å². The maximum Gasteiger partial charge on any atom is 0.254 e. The summed E-state index contributed by atoms with van der Waals surface area (Å²) in [4.78, 5) is 27.3. The molecule has 0 spiro atoms. The summed E-state index contributed by atoms with van der Waals surface area (Å²) in [5, 5.41) is 2.95. The van der Waals surface area contributed by atoms with E-state index in [0.29, 0.717) is 54.1 Å². The van der Waals surface area contributed by atoms with Crippen molar-refractivity contribution in [2.75, 3.05) is 32.1 Å². The first-order valence-electron chi connectivity index (χ1n) is 10.2. The minimum atomic E-state index is -0.0969. The average Bonchev–Trinajstić information content (AvgIpc) is 2.78. The molecule has 7 heteroatoms. The zero-order chi connectivity index (χ0) is 21.5. The van der Waals surface area contributed by atoms with E-state index in [9.17, 15) is 9.59 Å². The molecule has 0 radical (unpaired) electrons. The van der Waals surface area contributed by atoms with Gasteiger partial charge in [0.25, 0.3) is 5.91 Å². The van der Waals surface area contributed by atoms with Crippen LogP contribution in [0.25, 0.3) is 0 Å². The molecule has 0 atom stereocenters. The molecule has 0 saturated carbocycles. The molecule has 2 aromatic rings. The second kappa shape index (κ2) is 10.5. The molecule has 1 saturated heterocycles. The maximum absolute atomic E-state index is 13.0. The molecule has 1 fully saturated rings. The number of piperidine rings is 1. The van der Waals surface area contributed by atoms with Crippen LogP contribution < -0.4 is 14.8 Å². The van der Waals surface area contributed by atoms with Crippen LogP contribution in [0.4, 0.5) is 5.69 Å². The Bertz CT molecular complexity index is 880. The predicted octanol–water partition coefficient (Wildman–Crippen LogP) is 4.74. The van der Waals surface area contributed by atoms with Crippen LogP contribution in [0.3, 0.4) is 0 Å². The van der Waals surface area contributed by atoms with Crippen molar-refractivity contribution < 1.29 is 19.1 Å². The Labute approximate surface area is 185 Å². The molecule has 1 aliphatic rings. The number of para-hydroxylation sites is 1. The Kier molecular flexibility index (Phi) is 7.74. The molecule has 2 aromatic carbocycles. The van der Waals surface area contributed by atoms with E-state index in [4.69, 9.17) is 9.47 Å². The number of hydrogen-bond acceptors (Lipinski definition) is 4. The molecule has 1 N–H and O–H groups in total. The van der Waals surface area contributed by atoms with Crippen LogP contribution in [-0.4, -0.2) is 43.5 Å². The van der Waals surface area contributed by atoms with E-state index < -0.39 is 0 Å². The third kappa shape index (κ3) is 5.33. The summed E-state index contributed by atoms with van der Waals surface area (Å²) in [6.07, 6.45) is 2.16. The molecule has 0 aromatic heterocycles. The molecular formula is C23H27BrN2O4. The van der Waals surface area contributed by atoms with E-state index in [-0.39, 0.29) is 17.7 Å². The van der Waals surface area contributed by atoms with Gasteiger partial charge in [-0.25, -0.2) is 0 Å². The largest absolute Gasteiger partial charge is 0.493 e. The zero-order valence-corrected chi connectivity index (χ0v) is 18.9. The Morgan fingerprint density at radius 2 is 1.87 bits per heavy atom. The molecule has 30 heavy (non-hydrogen) atoms. The van der Waals surface area contributed by atoms with Crippen LogP contribution in [0.1, 0.15) is 36.5 Å². The van der Waals surface area contributed by atoms with Gasteiger partial charge in [0.1, 0.15) is 0 Å². The van der Waals surface area contributed by atoms with Crippen LogP contribution in [-0.2, 0) is 4.79 Å². The highest BCUT2D eigenvalue weighted by Gasteiger charge is 2.28. The highest BCUT2D eigenvalue weighted by Crippen LogP contribution is 2.37. The van der Waals surface area contributed by atoms with Crippen LogP contribution in [0.2, 0.25) is 0 Å². The number of carbonyl (C=O) groups is 2. The minimum absolute atomic E-state index is 0.00939. The van der Waals surface area contributed by atoms with Gasteiger partial charge >= 0.3 is 0 Å². The number of hydrogen-bond donors (Lipinski definition) is 1. The minimum Gasteiger partial charge on any atom is -0.493 e. The number of rotatable bonds is 7. The van der Waals surface area contributed by atoms with Crippen LogP contribution in [0.5, 0.6) is 11.5 Å². The van der Waals surface area contributed by atoms with Gasteiger partial charge in [0.15, 0.2) is 11.5 Å². The van der Waals surface area contributed by atoms with Crippen molar-refractivity contribution in [1.82, 2.24) is 4.90 Å². The maximum atomic E-state index is 13.0. The van der Waals surface area contributed by atoms with E-state index >= 15 is 0 Å². The van der Waals surface area contributed by atoms with E-state index in [1.54, 1.807) is 24.1 Å². The lowest BCUT2D eigenvalue weighted by Crippen LogP contribution is -2.41. The fourth-order valence-electron chi connectivity index (χ4n) is 3.48. The Hall–Kier alpha value is -2.54. The molecule has 1 aliphatic heterocycles. The van der Waals surface area contributed by atoms with E-state index in [2.05, 4.69) is 21.2 Å². The van der Waals surface area contributed by atoms with Gasteiger partial charge in [-0.2, -0.15) is 0 Å². The lowest BCUT2D eigenvalue weighted by molar-refractivity contribution is -0.121. The molecule has 0 bridgehead atoms. The first kappa shape index (κ1) is 22.2. The van der Waals surface area contributed by atoms with Gasteiger partial charge in [-0.15, -0.1) is 0 Å². The molecule has 6 nitrogen and oxygen atoms in total. The number of nitrogens with one attached hydrogen (secondary N) is 1. The number of anilines is 1. The third-order valence-electron chi connectivity index (χ3n) is 5.12. The number of halogens is 1. The van der Waals surface area contributed by atoms with Crippen molar-refractivity contribution in [3.63, 3.8) is 0 Å². The van der Waals surface area contributed by atoms with Crippen LogP contribution in [0, 0.1) is 5.92 Å². The second-order valence-corrected chi connectivity index (χ2v) is 8.11. The average molecular weight is 475 g/mol. The number of ether oxygens (including phenoxy) is 2. The standard InChI is InChI=1S/C23H27BrN2O4/c1-3-13-30-21-19(24)14-17(15-20(21)29-2)23(28)26-11-9-16(10-12-26)22(27)25-18-7-5-4-6-8-18/h4-8,14-16H,3,9-13H2,1-2H3,(H,25,27). The van der Waals surface area contributed by atoms with E-state index in [1.807, 2.05) is 37.3 Å². The summed E-state index contributed by atoms with van der Waals surface area (Å²) in [6.45, 7) is 3.68. The molecule has 1 heterocycles. The van der Waals surface area contributed by atoms with Crippen molar-refractivity contribution in [2.45, 2.75) is 26.2 Å². The summed E-state index contributed by atoms with van der Waals surface area (Å²) in [5.41, 5.74) is 1.33. The van der Waals surface area contributed by atoms with Gasteiger partial charge in [0.2, 0.25) is 5.91 Å². The monoisotopic (exact) mass is 474 g/mol. The summed E-state index contributed by atoms with van der Waals surface area (Å²) in [5.74, 6) is 0.971. The SMILES string of the molecule is CCCOc1c(Br)cc(C(=O)N2CCC(C(=O)Nc3ccccc3)CC2)cc1OC. The highest BCUT2D eigenvalue weighted by atomic mass is 79.9. The number of amides is 2. The fraction of sp³-hybridized carbons (Fsp3) is 0.391. The number of nitrogens with zero attached hydrogens (tertiary/aromatic N) is 1. The fourth-order valence-corrected chi connectivity index (χ4v) is 4.04. The normalized spacial score (nSPS) is 14.3. The lowest BCUT2D eigenvalue weighted by Gasteiger charge is -2.31. The van der Waals surface area contributed by atoms with Crippen LogP contribution >= 0.6 is 15.9 Å². The first-order valence-corrected chi connectivity index (χ1v) is 11.0. The predicted molar refractivity (Wildman–Crippen MR) is 120 cm³/mol. The number of likely N-dealkylation sites (tertiary alicyclic amines) is 1. The summed E-state index contributed by atoms with van der Waals surface area (Å²) in [6, 6.07) is 12.9. The van der Waals surface area contributed by atoms with Crippen molar-refractivity contribution >= 4 is 33.4 Å². The molecule has 0 aliphatic carbocycles. The molecule has 0 unspecified atom stereocenters. The molecule has 3 rings (SSSR count). The summed E-state index contributed by atoms with van der Waals surface area (Å²) in [7, 11) is 1.56. The van der Waals surface area contributed by atoms with Gasteiger partial charge in [0, 0.05) is 30.3 Å². The van der Waals surface area contributed by atoms with Crippen molar-refractivity contribution in [3.05, 3.63) is 52.5 Å². The summed E-state index contributed by atoms with van der Waals surface area (Å²) < 4.78 is 11.9. The van der Waals surface area contributed by atoms with Crippen LogP contribution in [0.15, 0.2) is 46.9 Å². The topological polar surface area (TPSA) is 67.9 Å². The van der Waals surface area contributed by atoms with E-state index in [1.165, 1.54) is 0 Å². The number of carbonyl (C=O) groups excluding carboxylic acids is 2. The second-order valence-electron chi connectivity index (χ2n) is 7.26. The van der Waals surface area contributed by atoms with Gasteiger partial charge in [-0.1, -0.05) is 25.1 Å².